The monoisotopic (exact) mass is 487 g/mol. The van der Waals surface area contributed by atoms with Crippen molar-refractivity contribution in [2.45, 2.75) is 49.5 Å². The molecule has 1 unspecified atom stereocenters. The zero-order valence-electron chi connectivity index (χ0n) is 19.3. The van der Waals surface area contributed by atoms with Crippen LogP contribution in [0.3, 0.4) is 0 Å². The zero-order valence-corrected chi connectivity index (χ0v) is 19.3. The molecule has 2 aromatic rings. The molecule has 1 aromatic carbocycles. The molecule has 1 saturated heterocycles. The molecule has 35 heavy (non-hydrogen) atoms. The largest absolute Gasteiger partial charge is 0.381 e. The number of nitrogens with zero attached hydrogens (tertiary/aromatic N) is 2. The Hall–Kier alpha value is -3.34. The lowest BCUT2D eigenvalue weighted by Crippen LogP contribution is -2.48. The SMILES string of the molecule is Cn1nccc1C(=O)NC(CC1CC(F)(F)C1)C(=O)Nc1ccc2c(c1)NC(=O)C21CCOCC1. The van der Waals surface area contributed by atoms with Crippen LogP contribution in [0.4, 0.5) is 20.2 Å². The van der Waals surface area contributed by atoms with E-state index in [1.54, 1.807) is 19.2 Å². The third-order valence-electron chi connectivity index (χ3n) is 7.25. The Morgan fingerprint density at radius 2 is 2.00 bits per heavy atom. The molecular formula is C24H27F2N5O4. The second kappa shape index (κ2) is 8.71. The molecule has 1 aromatic heterocycles. The van der Waals surface area contributed by atoms with E-state index in [1.807, 2.05) is 6.07 Å². The fourth-order valence-electron chi connectivity index (χ4n) is 5.30. The number of aromatic nitrogens is 2. The fourth-order valence-corrected chi connectivity index (χ4v) is 5.30. The number of aryl methyl sites for hydroxylation is 1. The van der Waals surface area contributed by atoms with Gasteiger partial charge in [0.05, 0.1) is 5.41 Å². The first kappa shape index (κ1) is 23.4. The number of carbonyl (C=O) groups is 3. The standard InChI is InChI=1S/C24H27F2N5O4/c1-31-19(4-7-27-31)21(33)29-18(10-14-12-24(25,26)13-14)20(32)28-15-2-3-16-17(11-15)30-22(34)23(16)5-8-35-9-6-23/h2-4,7,11,14,18H,5-6,8-10,12-13H2,1H3,(H,28,32)(H,29,33)(H,30,34). The van der Waals surface area contributed by atoms with E-state index >= 15 is 0 Å². The Balaban J connectivity index is 1.32. The van der Waals surface area contributed by atoms with Crippen molar-refractivity contribution in [3.05, 3.63) is 41.7 Å². The van der Waals surface area contributed by atoms with Crippen LogP contribution in [0.2, 0.25) is 0 Å². The van der Waals surface area contributed by atoms with E-state index < -0.39 is 29.2 Å². The topological polar surface area (TPSA) is 114 Å². The van der Waals surface area contributed by atoms with Gasteiger partial charge in [-0.1, -0.05) is 6.07 Å². The molecule has 1 atom stereocenters. The van der Waals surface area contributed by atoms with Gasteiger partial charge in [-0.2, -0.15) is 5.10 Å². The normalized spacial score (nSPS) is 21.1. The number of benzene rings is 1. The predicted molar refractivity (Wildman–Crippen MR) is 122 cm³/mol. The first-order chi connectivity index (χ1) is 16.7. The van der Waals surface area contributed by atoms with E-state index in [0.29, 0.717) is 37.4 Å². The molecule has 3 aliphatic rings. The molecule has 3 heterocycles. The van der Waals surface area contributed by atoms with E-state index in [1.165, 1.54) is 16.9 Å². The van der Waals surface area contributed by atoms with Crippen molar-refractivity contribution in [3.8, 4) is 0 Å². The lowest BCUT2D eigenvalue weighted by molar-refractivity contribution is -0.126. The summed E-state index contributed by atoms with van der Waals surface area (Å²) in [5, 5.41) is 12.3. The van der Waals surface area contributed by atoms with Gasteiger partial charge < -0.3 is 20.7 Å². The third-order valence-corrected chi connectivity index (χ3v) is 7.25. The highest BCUT2D eigenvalue weighted by Crippen LogP contribution is 2.46. The molecule has 9 nitrogen and oxygen atoms in total. The zero-order chi connectivity index (χ0) is 24.8. The van der Waals surface area contributed by atoms with Crippen LogP contribution in [0.1, 0.15) is 48.2 Å². The number of fused-ring (bicyclic) bond motifs is 2. The number of alkyl halides is 2. The van der Waals surface area contributed by atoms with Gasteiger partial charge in [0.1, 0.15) is 11.7 Å². The summed E-state index contributed by atoms with van der Waals surface area (Å²) in [4.78, 5) is 38.6. The summed E-state index contributed by atoms with van der Waals surface area (Å²) in [5.74, 6) is -4.21. The van der Waals surface area contributed by atoms with Gasteiger partial charge in [-0.3, -0.25) is 19.1 Å². The Labute approximate surface area is 200 Å². The van der Waals surface area contributed by atoms with Crippen molar-refractivity contribution in [1.82, 2.24) is 15.1 Å². The van der Waals surface area contributed by atoms with Gasteiger partial charge in [0.15, 0.2) is 0 Å². The number of hydrogen-bond donors (Lipinski definition) is 3. The maximum atomic E-state index is 13.4. The lowest BCUT2D eigenvalue weighted by Gasteiger charge is -2.36. The van der Waals surface area contributed by atoms with Crippen molar-refractivity contribution >= 4 is 29.1 Å². The van der Waals surface area contributed by atoms with Crippen LogP contribution in [0.15, 0.2) is 30.5 Å². The van der Waals surface area contributed by atoms with E-state index in [2.05, 4.69) is 21.0 Å². The van der Waals surface area contributed by atoms with E-state index in [0.717, 1.165) is 5.56 Å². The molecule has 5 rings (SSSR count). The third kappa shape index (κ3) is 4.40. The Bertz CT molecular complexity index is 1170. The average Bonchev–Trinajstić information content (AvgIpc) is 3.33. The predicted octanol–water partition coefficient (Wildman–Crippen LogP) is 2.59. The molecule has 3 amide bonds. The van der Waals surface area contributed by atoms with Crippen molar-refractivity contribution in [3.63, 3.8) is 0 Å². The van der Waals surface area contributed by atoms with Crippen LogP contribution in [-0.4, -0.2) is 52.7 Å². The van der Waals surface area contributed by atoms with Gasteiger partial charge in [0, 0.05) is 50.7 Å². The summed E-state index contributed by atoms with van der Waals surface area (Å²) >= 11 is 0. The van der Waals surface area contributed by atoms with Gasteiger partial charge in [0.25, 0.3) is 5.91 Å². The molecule has 1 aliphatic carbocycles. The first-order valence-electron chi connectivity index (χ1n) is 11.7. The summed E-state index contributed by atoms with van der Waals surface area (Å²) in [6, 6.07) is 5.72. The summed E-state index contributed by atoms with van der Waals surface area (Å²) in [6.07, 6.45) is 2.11. The summed E-state index contributed by atoms with van der Waals surface area (Å²) in [7, 11) is 1.60. The Kier molecular flexibility index (Phi) is 5.82. The summed E-state index contributed by atoms with van der Waals surface area (Å²) < 4.78 is 33.6. The molecule has 11 heteroatoms. The highest BCUT2D eigenvalue weighted by atomic mass is 19.3. The van der Waals surface area contributed by atoms with Crippen molar-refractivity contribution in [2.75, 3.05) is 23.8 Å². The number of amides is 3. The van der Waals surface area contributed by atoms with Crippen LogP contribution in [0.5, 0.6) is 0 Å². The van der Waals surface area contributed by atoms with Crippen LogP contribution >= 0.6 is 0 Å². The number of anilines is 2. The average molecular weight is 488 g/mol. The fraction of sp³-hybridized carbons (Fsp3) is 0.500. The molecule has 2 fully saturated rings. The maximum Gasteiger partial charge on any atom is 0.270 e. The number of halogens is 2. The summed E-state index contributed by atoms with van der Waals surface area (Å²) in [5.41, 5.74) is 1.58. The van der Waals surface area contributed by atoms with Gasteiger partial charge in [-0.25, -0.2) is 8.78 Å². The maximum absolute atomic E-state index is 13.4. The molecule has 3 N–H and O–H groups in total. The van der Waals surface area contributed by atoms with Gasteiger partial charge in [-0.15, -0.1) is 0 Å². The molecule has 186 valence electrons. The van der Waals surface area contributed by atoms with Gasteiger partial charge in [0.2, 0.25) is 17.7 Å². The van der Waals surface area contributed by atoms with Crippen LogP contribution in [0, 0.1) is 5.92 Å². The number of hydrogen-bond acceptors (Lipinski definition) is 5. The molecular weight excluding hydrogens is 460 g/mol. The van der Waals surface area contributed by atoms with Crippen LogP contribution < -0.4 is 16.0 Å². The first-order valence-corrected chi connectivity index (χ1v) is 11.7. The minimum atomic E-state index is -2.73. The number of ether oxygens (including phenoxy) is 1. The quantitative estimate of drug-likeness (QED) is 0.580. The lowest BCUT2D eigenvalue weighted by atomic mass is 9.75. The second-order valence-electron chi connectivity index (χ2n) is 9.63. The van der Waals surface area contributed by atoms with Crippen LogP contribution in [-0.2, 0) is 26.8 Å². The second-order valence-corrected chi connectivity index (χ2v) is 9.63. The van der Waals surface area contributed by atoms with Crippen molar-refractivity contribution in [2.24, 2.45) is 13.0 Å². The highest BCUT2D eigenvalue weighted by Gasteiger charge is 2.48. The molecule has 0 radical (unpaired) electrons. The summed E-state index contributed by atoms with van der Waals surface area (Å²) in [6.45, 7) is 1.01. The molecule has 2 aliphatic heterocycles. The molecule has 1 spiro atoms. The van der Waals surface area contributed by atoms with Crippen molar-refractivity contribution < 1.29 is 27.9 Å². The molecule has 1 saturated carbocycles. The highest BCUT2D eigenvalue weighted by molar-refractivity contribution is 6.07. The van der Waals surface area contributed by atoms with Crippen molar-refractivity contribution in [1.29, 1.82) is 0 Å². The molecule has 0 bridgehead atoms. The minimum absolute atomic E-state index is 0.0773. The Morgan fingerprint density at radius 1 is 1.26 bits per heavy atom. The number of nitrogens with one attached hydrogen (secondary N) is 3. The Morgan fingerprint density at radius 3 is 2.66 bits per heavy atom. The minimum Gasteiger partial charge on any atom is -0.381 e. The van der Waals surface area contributed by atoms with Gasteiger partial charge in [-0.05, 0) is 48.9 Å². The number of rotatable bonds is 6. The van der Waals surface area contributed by atoms with Crippen LogP contribution in [0.25, 0.3) is 0 Å². The number of carbonyl (C=O) groups excluding carboxylic acids is 3. The van der Waals surface area contributed by atoms with Gasteiger partial charge >= 0.3 is 0 Å². The van der Waals surface area contributed by atoms with E-state index in [9.17, 15) is 23.2 Å². The van der Waals surface area contributed by atoms with E-state index in [-0.39, 0.29) is 36.8 Å². The van der Waals surface area contributed by atoms with E-state index in [4.69, 9.17) is 4.74 Å². The smallest absolute Gasteiger partial charge is 0.270 e.